The molecule has 0 bridgehead atoms. The third-order valence-corrected chi connectivity index (χ3v) is 7.78. The van der Waals surface area contributed by atoms with Gasteiger partial charge in [0, 0.05) is 23.1 Å². The molecule has 2 atom stereocenters. The number of carbonyl (C=O) groups excluding carboxylic acids is 2. The average molecular weight is 542 g/mol. The van der Waals surface area contributed by atoms with Crippen LogP contribution in [0.25, 0.3) is 10.6 Å². The molecule has 0 aliphatic heterocycles. The van der Waals surface area contributed by atoms with Crippen molar-refractivity contribution < 1.29 is 23.9 Å². The highest BCUT2D eigenvalue weighted by atomic mass is 35.5. The van der Waals surface area contributed by atoms with E-state index < -0.39 is 34.5 Å². The van der Waals surface area contributed by atoms with E-state index in [9.17, 15) is 23.9 Å². The normalized spacial score (nSPS) is 16.6. The van der Waals surface area contributed by atoms with Crippen LogP contribution in [0, 0.1) is 11.7 Å². The number of thiol groups is 1. The maximum absolute atomic E-state index is 13.5. The van der Waals surface area contributed by atoms with Crippen LogP contribution >= 0.6 is 35.6 Å². The second kappa shape index (κ2) is 11.7. The number of halogens is 2. The monoisotopic (exact) mass is 541 g/mol. The molecule has 2 amide bonds. The Hall–Kier alpha value is -2.17. The molecular weight excluding hydrogens is 513 g/mol. The van der Waals surface area contributed by atoms with Crippen LogP contribution in [0.4, 0.5) is 4.39 Å². The Kier molecular flexibility index (Phi) is 9.17. The summed E-state index contributed by atoms with van der Waals surface area (Å²) in [5, 5.41) is 15.3. The Morgan fingerprint density at radius 1 is 1.29 bits per heavy atom. The molecule has 1 aromatic carbocycles. The van der Waals surface area contributed by atoms with Gasteiger partial charge in [-0.15, -0.1) is 11.3 Å². The van der Waals surface area contributed by atoms with E-state index in [0.29, 0.717) is 34.7 Å². The van der Waals surface area contributed by atoms with E-state index in [0.717, 1.165) is 12.8 Å². The Bertz CT molecular complexity index is 1090. The van der Waals surface area contributed by atoms with Gasteiger partial charge < -0.3 is 15.7 Å². The standard InChI is InChI=1S/C24H29ClFN3O4S2/c1-13(2)9-19(34)20(30)29-24(7-3-4-8-24)23(33)28-18(22(31)32)11-15-12-27-21(35-15)14-5-6-17(26)16(25)10-14/h5-6,10,12-13,18-19,34H,3-4,7-9,11H2,1-2H3,(H,28,33)(H,29,30)(H,31,32). The molecule has 35 heavy (non-hydrogen) atoms. The van der Waals surface area contributed by atoms with Crippen molar-refractivity contribution in [2.45, 2.75) is 69.2 Å². The second-order valence-corrected chi connectivity index (χ2v) is 11.4. The predicted octanol–water partition coefficient (Wildman–Crippen LogP) is 4.49. The van der Waals surface area contributed by atoms with Gasteiger partial charge in [-0.2, -0.15) is 12.6 Å². The fourth-order valence-corrected chi connectivity index (χ4v) is 5.74. The topological polar surface area (TPSA) is 108 Å². The predicted molar refractivity (Wildman–Crippen MR) is 137 cm³/mol. The van der Waals surface area contributed by atoms with Crippen LogP contribution in [0.5, 0.6) is 0 Å². The molecule has 1 aromatic heterocycles. The highest BCUT2D eigenvalue weighted by Crippen LogP contribution is 2.32. The fraction of sp³-hybridized carbons (Fsp3) is 0.500. The molecule has 3 N–H and O–H groups in total. The number of thiazole rings is 1. The van der Waals surface area contributed by atoms with Gasteiger partial charge in [-0.3, -0.25) is 9.59 Å². The number of carboxylic acid groups (broad SMARTS) is 1. The number of nitrogens with zero attached hydrogens (tertiary/aromatic N) is 1. The Labute approximate surface area is 218 Å². The number of nitrogens with one attached hydrogen (secondary N) is 2. The van der Waals surface area contributed by atoms with Crippen molar-refractivity contribution in [2.75, 3.05) is 0 Å². The van der Waals surface area contributed by atoms with E-state index in [1.807, 2.05) is 13.8 Å². The van der Waals surface area contributed by atoms with E-state index >= 15 is 0 Å². The van der Waals surface area contributed by atoms with Crippen LogP contribution in [0.1, 0.15) is 50.8 Å². The van der Waals surface area contributed by atoms with Gasteiger partial charge in [0.2, 0.25) is 11.8 Å². The minimum absolute atomic E-state index is 0.0141. The molecule has 11 heteroatoms. The maximum Gasteiger partial charge on any atom is 0.326 e. The van der Waals surface area contributed by atoms with Crippen LogP contribution in [0.3, 0.4) is 0 Å². The lowest BCUT2D eigenvalue weighted by molar-refractivity contribution is -0.143. The fourth-order valence-electron chi connectivity index (χ4n) is 4.12. The number of hydrogen-bond donors (Lipinski definition) is 4. The molecule has 0 saturated heterocycles. The molecule has 1 aliphatic carbocycles. The van der Waals surface area contributed by atoms with Crippen molar-refractivity contribution in [2.24, 2.45) is 5.92 Å². The lowest BCUT2D eigenvalue weighted by Gasteiger charge is -2.31. The molecular formula is C24H29ClFN3O4S2. The van der Waals surface area contributed by atoms with Gasteiger partial charge in [-0.1, -0.05) is 38.3 Å². The largest absolute Gasteiger partial charge is 0.480 e. The molecule has 1 heterocycles. The third kappa shape index (κ3) is 6.95. The summed E-state index contributed by atoms with van der Waals surface area (Å²) in [5.74, 6) is -2.29. The first-order valence-electron chi connectivity index (χ1n) is 11.4. The quantitative estimate of drug-likeness (QED) is 0.331. The van der Waals surface area contributed by atoms with Crippen molar-refractivity contribution in [3.8, 4) is 10.6 Å². The van der Waals surface area contributed by atoms with Crippen LogP contribution in [0.15, 0.2) is 24.4 Å². The van der Waals surface area contributed by atoms with Crippen molar-refractivity contribution in [1.29, 1.82) is 0 Å². The SMILES string of the molecule is CC(C)CC(S)C(=O)NC1(C(=O)NC(Cc2cnc(-c3ccc(F)c(Cl)c3)s2)C(=O)O)CCCC1. The summed E-state index contributed by atoms with van der Waals surface area (Å²) >= 11 is 11.5. The van der Waals surface area contributed by atoms with Gasteiger partial charge in [-0.25, -0.2) is 14.2 Å². The van der Waals surface area contributed by atoms with Crippen LogP contribution in [0.2, 0.25) is 5.02 Å². The molecule has 7 nitrogen and oxygen atoms in total. The first-order chi connectivity index (χ1) is 16.5. The number of benzene rings is 1. The molecule has 1 fully saturated rings. The lowest BCUT2D eigenvalue weighted by Crippen LogP contribution is -2.61. The number of amides is 2. The summed E-state index contributed by atoms with van der Waals surface area (Å²) in [6.07, 6.45) is 4.50. The molecule has 3 rings (SSSR count). The van der Waals surface area contributed by atoms with Crippen LogP contribution in [-0.4, -0.2) is 44.7 Å². The first-order valence-corrected chi connectivity index (χ1v) is 13.2. The number of rotatable bonds is 10. The number of aliphatic carboxylic acids is 1. The minimum Gasteiger partial charge on any atom is -0.480 e. The van der Waals surface area contributed by atoms with Gasteiger partial charge in [0.1, 0.15) is 22.4 Å². The molecule has 1 aliphatic rings. The summed E-state index contributed by atoms with van der Waals surface area (Å²) in [4.78, 5) is 42.9. The van der Waals surface area contributed by atoms with Gasteiger partial charge in [-0.05, 0) is 43.4 Å². The summed E-state index contributed by atoms with van der Waals surface area (Å²) in [5.41, 5.74) is -0.536. The van der Waals surface area contributed by atoms with E-state index in [2.05, 4.69) is 28.2 Å². The lowest BCUT2D eigenvalue weighted by atomic mass is 9.94. The van der Waals surface area contributed by atoms with Crippen molar-refractivity contribution in [1.82, 2.24) is 15.6 Å². The average Bonchev–Trinajstić information content (AvgIpc) is 3.45. The summed E-state index contributed by atoms with van der Waals surface area (Å²) < 4.78 is 13.5. The number of carbonyl (C=O) groups is 3. The van der Waals surface area contributed by atoms with E-state index in [1.54, 1.807) is 6.07 Å². The van der Waals surface area contributed by atoms with E-state index in [1.165, 1.54) is 29.7 Å². The molecule has 2 aromatic rings. The summed E-state index contributed by atoms with van der Waals surface area (Å²) in [6, 6.07) is 3.03. The van der Waals surface area contributed by atoms with Crippen molar-refractivity contribution >= 4 is 53.4 Å². The van der Waals surface area contributed by atoms with Gasteiger partial charge >= 0.3 is 5.97 Å². The number of aromatic nitrogens is 1. The van der Waals surface area contributed by atoms with Crippen molar-refractivity contribution in [3.05, 3.63) is 40.1 Å². The Balaban J connectivity index is 1.71. The van der Waals surface area contributed by atoms with Crippen LogP contribution < -0.4 is 10.6 Å². The highest BCUT2D eigenvalue weighted by molar-refractivity contribution is 7.81. The van der Waals surface area contributed by atoms with E-state index in [-0.39, 0.29) is 23.3 Å². The molecule has 0 spiro atoms. The maximum atomic E-state index is 13.5. The van der Waals surface area contributed by atoms with Gasteiger partial charge in [0.05, 0.1) is 10.3 Å². The summed E-state index contributed by atoms with van der Waals surface area (Å²) in [7, 11) is 0. The zero-order chi connectivity index (χ0) is 25.8. The summed E-state index contributed by atoms with van der Waals surface area (Å²) in [6.45, 7) is 3.98. The molecule has 190 valence electrons. The van der Waals surface area contributed by atoms with Crippen molar-refractivity contribution in [3.63, 3.8) is 0 Å². The molecule has 2 unspecified atom stereocenters. The Morgan fingerprint density at radius 3 is 2.57 bits per heavy atom. The van der Waals surface area contributed by atoms with E-state index in [4.69, 9.17) is 11.6 Å². The molecule has 1 saturated carbocycles. The zero-order valence-corrected chi connectivity index (χ0v) is 22.0. The number of hydrogen-bond acceptors (Lipinski definition) is 6. The minimum atomic E-state index is -1.20. The Morgan fingerprint density at radius 2 is 1.97 bits per heavy atom. The first kappa shape index (κ1) is 27.4. The number of carboxylic acids is 1. The third-order valence-electron chi connectivity index (χ3n) is 5.98. The van der Waals surface area contributed by atoms with Gasteiger partial charge in [0.15, 0.2) is 0 Å². The highest BCUT2D eigenvalue weighted by Gasteiger charge is 2.44. The molecule has 0 radical (unpaired) electrons. The smallest absolute Gasteiger partial charge is 0.326 e. The second-order valence-electron chi connectivity index (χ2n) is 9.25. The van der Waals surface area contributed by atoms with Crippen LogP contribution in [-0.2, 0) is 20.8 Å². The van der Waals surface area contributed by atoms with Gasteiger partial charge in [0.25, 0.3) is 0 Å². The zero-order valence-electron chi connectivity index (χ0n) is 19.5.